The van der Waals surface area contributed by atoms with Crippen LogP contribution in [-0.4, -0.2) is 67.6 Å². The van der Waals surface area contributed by atoms with Gasteiger partial charge in [-0.15, -0.1) is 0 Å². The summed E-state index contributed by atoms with van der Waals surface area (Å²) >= 11 is 0. The zero-order valence-electron chi connectivity index (χ0n) is 11.2. The molecule has 1 aliphatic heterocycles. The van der Waals surface area contributed by atoms with Crippen LogP contribution >= 0.6 is 0 Å². The molecule has 2 amide bonds. The van der Waals surface area contributed by atoms with Crippen LogP contribution in [0.5, 0.6) is 0 Å². The number of carbonyl (C=O) groups is 2. The van der Waals surface area contributed by atoms with Crippen LogP contribution in [0, 0.1) is 5.92 Å². The molecule has 0 radical (unpaired) electrons. The SMILES string of the molecule is COC1CC(NC(=O)N(C)C2COCC2C(=O)O)C1. The number of ether oxygens (including phenoxy) is 2. The largest absolute Gasteiger partial charge is 0.481 e. The summed E-state index contributed by atoms with van der Waals surface area (Å²) in [6.07, 6.45) is 1.83. The van der Waals surface area contributed by atoms with Gasteiger partial charge >= 0.3 is 12.0 Å². The summed E-state index contributed by atoms with van der Waals surface area (Å²) in [5.41, 5.74) is 0. The first-order valence-electron chi connectivity index (χ1n) is 6.39. The molecule has 1 saturated carbocycles. The van der Waals surface area contributed by atoms with Gasteiger partial charge in [0.25, 0.3) is 0 Å². The van der Waals surface area contributed by atoms with Crippen molar-refractivity contribution < 1.29 is 24.2 Å². The summed E-state index contributed by atoms with van der Waals surface area (Å²) in [6, 6.07) is -0.539. The standard InChI is InChI=1S/C12H20N2O5/c1-14(10-6-19-5-9(10)11(15)16)12(17)13-7-3-8(4-7)18-2/h7-10H,3-6H2,1-2H3,(H,13,17)(H,15,16). The number of hydrogen-bond donors (Lipinski definition) is 2. The van der Waals surface area contributed by atoms with E-state index in [4.69, 9.17) is 14.6 Å². The predicted molar refractivity (Wildman–Crippen MR) is 65.8 cm³/mol. The minimum absolute atomic E-state index is 0.116. The van der Waals surface area contributed by atoms with Crippen LogP contribution < -0.4 is 5.32 Å². The lowest BCUT2D eigenvalue weighted by molar-refractivity contribution is -0.142. The molecule has 2 aliphatic rings. The van der Waals surface area contributed by atoms with Crippen molar-refractivity contribution in [1.82, 2.24) is 10.2 Å². The third-order valence-electron chi connectivity index (χ3n) is 3.94. The van der Waals surface area contributed by atoms with E-state index in [1.807, 2.05) is 0 Å². The van der Waals surface area contributed by atoms with Crippen molar-refractivity contribution in [3.8, 4) is 0 Å². The Morgan fingerprint density at radius 1 is 1.37 bits per heavy atom. The lowest BCUT2D eigenvalue weighted by Crippen LogP contribution is -2.54. The highest BCUT2D eigenvalue weighted by atomic mass is 16.5. The first-order chi connectivity index (χ1) is 9.02. The third-order valence-corrected chi connectivity index (χ3v) is 3.94. The van der Waals surface area contributed by atoms with Crippen LogP contribution in [-0.2, 0) is 14.3 Å². The average Bonchev–Trinajstić information content (AvgIpc) is 2.80. The predicted octanol–water partition coefficient (Wildman–Crippen LogP) is -0.0952. The molecule has 7 nitrogen and oxygen atoms in total. The van der Waals surface area contributed by atoms with Crippen molar-refractivity contribution in [2.24, 2.45) is 5.92 Å². The van der Waals surface area contributed by atoms with Gasteiger partial charge in [0.15, 0.2) is 0 Å². The topological polar surface area (TPSA) is 88.1 Å². The number of carbonyl (C=O) groups excluding carboxylic acids is 1. The summed E-state index contributed by atoms with van der Waals surface area (Å²) in [6.45, 7) is 0.430. The molecule has 1 aliphatic carbocycles. The molecular formula is C12H20N2O5. The molecule has 1 saturated heterocycles. The van der Waals surface area contributed by atoms with Crippen molar-refractivity contribution >= 4 is 12.0 Å². The molecule has 2 N–H and O–H groups in total. The molecule has 0 aromatic rings. The smallest absolute Gasteiger partial charge is 0.317 e. The van der Waals surface area contributed by atoms with Crippen LogP contribution in [0.1, 0.15) is 12.8 Å². The van der Waals surface area contributed by atoms with Crippen molar-refractivity contribution in [1.29, 1.82) is 0 Å². The second-order valence-corrected chi connectivity index (χ2v) is 5.14. The van der Waals surface area contributed by atoms with E-state index < -0.39 is 17.9 Å². The van der Waals surface area contributed by atoms with Crippen molar-refractivity contribution in [2.75, 3.05) is 27.4 Å². The number of methoxy groups -OCH3 is 1. The monoisotopic (exact) mass is 272 g/mol. The van der Waals surface area contributed by atoms with Crippen LogP contribution in [0.15, 0.2) is 0 Å². The number of aliphatic carboxylic acids is 1. The van der Waals surface area contributed by atoms with Gasteiger partial charge in [0.05, 0.1) is 25.4 Å². The van der Waals surface area contributed by atoms with Crippen molar-refractivity contribution in [3.63, 3.8) is 0 Å². The number of urea groups is 1. The third kappa shape index (κ3) is 2.98. The molecule has 7 heteroatoms. The van der Waals surface area contributed by atoms with Gasteiger partial charge < -0.3 is 24.8 Å². The summed E-state index contributed by atoms with van der Waals surface area (Å²) in [5.74, 6) is -1.57. The first-order valence-corrected chi connectivity index (χ1v) is 6.39. The Bertz CT molecular complexity index is 356. The number of hydrogen-bond acceptors (Lipinski definition) is 4. The Morgan fingerprint density at radius 2 is 2.05 bits per heavy atom. The normalized spacial score (nSPS) is 33.6. The van der Waals surface area contributed by atoms with E-state index in [-0.39, 0.29) is 31.4 Å². The van der Waals surface area contributed by atoms with Crippen LogP contribution in [0.2, 0.25) is 0 Å². The quantitative estimate of drug-likeness (QED) is 0.746. The van der Waals surface area contributed by atoms with Crippen molar-refractivity contribution in [3.05, 3.63) is 0 Å². The van der Waals surface area contributed by atoms with Crippen LogP contribution in [0.3, 0.4) is 0 Å². The van der Waals surface area contributed by atoms with Crippen molar-refractivity contribution in [2.45, 2.75) is 31.0 Å². The second kappa shape index (κ2) is 5.75. The number of carboxylic acid groups (broad SMARTS) is 1. The fourth-order valence-electron chi connectivity index (χ4n) is 2.46. The van der Waals surface area contributed by atoms with E-state index >= 15 is 0 Å². The highest BCUT2D eigenvalue weighted by molar-refractivity contribution is 5.77. The zero-order chi connectivity index (χ0) is 14.0. The molecule has 0 aromatic carbocycles. The molecule has 108 valence electrons. The fourth-order valence-corrected chi connectivity index (χ4v) is 2.46. The first kappa shape index (κ1) is 14.1. The molecular weight excluding hydrogens is 252 g/mol. The second-order valence-electron chi connectivity index (χ2n) is 5.14. The van der Waals surface area contributed by atoms with E-state index in [0.717, 1.165) is 12.8 Å². The lowest BCUT2D eigenvalue weighted by Gasteiger charge is -2.36. The molecule has 0 spiro atoms. The number of rotatable bonds is 4. The number of carboxylic acids is 1. The number of nitrogens with zero attached hydrogens (tertiary/aromatic N) is 1. The van der Waals surface area contributed by atoms with Gasteiger partial charge in [0.2, 0.25) is 0 Å². The Hall–Kier alpha value is -1.34. The number of amides is 2. The van der Waals surface area contributed by atoms with E-state index in [1.54, 1.807) is 14.2 Å². The van der Waals surface area contributed by atoms with Gasteiger partial charge in [-0.3, -0.25) is 4.79 Å². The summed E-state index contributed by atoms with van der Waals surface area (Å²) in [4.78, 5) is 24.5. The minimum atomic E-state index is -0.926. The maximum Gasteiger partial charge on any atom is 0.317 e. The Kier molecular flexibility index (Phi) is 4.26. The zero-order valence-corrected chi connectivity index (χ0v) is 11.2. The van der Waals surface area contributed by atoms with Gasteiger partial charge in [-0.05, 0) is 12.8 Å². The van der Waals surface area contributed by atoms with Gasteiger partial charge in [-0.25, -0.2) is 4.79 Å². The van der Waals surface area contributed by atoms with E-state index in [9.17, 15) is 9.59 Å². The van der Waals surface area contributed by atoms with E-state index in [2.05, 4.69) is 5.32 Å². The lowest BCUT2D eigenvalue weighted by atomic mass is 9.89. The van der Waals surface area contributed by atoms with Gasteiger partial charge in [0.1, 0.15) is 5.92 Å². The van der Waals surface area contributed by atoms with E-state index in [1.165, 1.54) is 4.90 Å². The molecule has 19 heavy (non-hydrogen) atoms. The fraction of sp³-hybridized carbons (Fsp3) is 0.833. The van der Waals surface area contributed by atoms with Crippen LogP contribution in [0.25, 0.3) is 0 Å². The van der Waals surface area contributed by atoms with E-state index in [0.29, 0.717) is 0 Å². The molecule has 0 bridgehead atoms. The highest BCUT2D eigenvalue weighted by Gasteiger charge is 2.39. The maximum atomic E-state index is 12.0. The maximum absolute atomic E-state index is 12.0. The molecule has 2 fully saturated rings. The van der Waals surface area contributed by atoms with Crippen LogP contribution in [0.4, 0.5) is 4.79 Å². The molecule has 2 atom stereocenters. The highest BCUT2D eigenvalue weighted by Crippen LogP contribution is 2.24. The Balaban J connectivity index is 1.83. The van der Waals surface area contributed by atoms with Gasteiger partial charge in [0, 0.05) is 20.2 Å². The number of likely N-dealkylation sites (N-methyl/N-ethyl adjacent to an activating group) is 1. The summed E-state index contributed by atoms with van der Waals surface area (Å²) in [7, 11) is 3.26. The van der Waals surface area contributed by atoms with Gasteiger partial charge in [-0.2, -0.15) is 0 Å². The summed E-state index contributed by atoms with van der Waals surface area (Å²) in [5, 5.41) is 11.9. The summed E-state index contributed by atoms with van der Waals surface area (Å²) < 4.78 is 10.3. The molecule has 2 unspecified atom stereocenters. The molecule has 2 rings (SSSR count). The average molecular weight is 272 g/mol. The minimum Gasteiger partial charge on any atom is -0.481 e. The molecule has 1 heterocycles. The van der Waals surface area contributed by atoms with Gasteiger partial charge in [-0.1, -0.05) is 0 Å². The Labute approximate surface area is 111 Å². The Morgan fingerprint density at radius 3 is 2.63 bits per heavy atom. The molecule has 0 aromatic heterocycles. The number of nitrogens with one attached hydrogen (secondary N) is 1.